The standard InChI is InChI=1S/C19H24N4O2/c1-10(23-25)15-9-21-18-14(2-3-20-18)17(15)22-16-12-4-11-5-13(16)8-19(24,6-11)7-12/h2-3,9,11-13,16,24-25H,4-8H2,1H3,(H2,20,21,22). The molecule has 4 saturated carbocycles. The summed E-state index contributed by atoms with van der Waals surface area (Å²) >= 11 is 0. The van der Waals surface area contributed by atoms with Crippen molar-refractivity contribution in [3.63, 3.8) is 0 Å². The second-order valence-corrected chi connectivity index (χ2v) is 8.34. The van der Waals surface area contributed by atoms with Gasteiger partial charge in [0, 0.05) is 29.4 Å². The highest BCUT2D eigenvalue weighted by Gasteiger charge is 2.54. The fourth-order valence-corrected chi connectivity index (χ4v) is 5.88. The van der Waals surface area contributed by atoms with Gasteiger partial charge in [-0.2, -0.15) is 0 Å². The first-order valence-corrected chi connectivity index (χ1v) is 9.20. The number of hydrogen-bond donors (Lipinski definition) is 4. The Balaban J connectivity index is 1.55. The van der Waals surface area contributed by atoms with Crippen LogP contribution < -0.4 is 5.32 Å². The summed E-state index contributed by atoms with van der Waals surface area (Å²) in [6.07, 6.45) is 8.87. The fraction of sp³-hybridized carbons (Fsp3) is 0.579. The second-order valence-electron chi connectivity index (χ2n) is 8.34. The van der Waals surface area contributed by atoms with Crippen molar-refractivity contribution in [1.29, 1.82) is 0 Å². The molecule has 6 nitrogen and oxygen atoms in total. The lowest BCUT2D eigenvalue weighted by atomic mass is 9.52. The van der Waals surface area contributed by atoms with Crippen LogP contribution in [-0.4, -0.2) is 37.6 Å². The van der Waals surface area contributed by atoms with Gasteiger partial charge in [0.25, 0.3) is 0 Å². The zero-order chi connectivity index (χ0) is 17.2. The minimum Gasteiger partial charge on any atom is -0.411 e. The van der Waals surface area contributed by atoms with Crippen molar-refractivity contribution in [2.45, 2.75) is 50.7 Å². The van der Waals surface area contributed by atoms with Crippen LogP contribution in [0.25, 0.3) is 11.0 Å². The molecule has 0 saturated heterocycles. The van der Waals surface area contributed by atoms with E-state index in [4.69, 9.17) is 0 Å². The molecule has 6 rings (SSSR count). The summed E-state index contributed by atoms with van der Waals surface area (Å²) in [5, 5.41) is 28.3. The maximum Gasteiger partial charge on any atom is 0.139 e. The summed E-state index contributed by atoms with van der Waals surface area (Å²) in [6, 6.07) is 2.38. The lowest BCUT2D eigenvalue weighted by Gasteiger charge is -2.58. The van der Waals surface area contributed by atoms with Crippen molar-refractivity contribution in [3.8, 4) is 0 Å². The smallest absolute Gasteiger partial charge is 0.139 e. The van der Waals surface area contributed by atoms with Crippen LogP contribution in [0, 0.1) is 17.8 Å². The molecular weight excluding hydrogens is 316 g/mol. The normalized spacial score (nSPS) is 37.0. The highest BCUT2D eigenvalue weighted by molar-refractivity contribution is 6.08. The van der Waals surface area contributed by atoms with E-state index in [1.54, 1.807) is 13.1 Å². The number of aromatic amines is 1. The minimum absolute atomic E-state index is 0.363. The molecule has 0 amide bonds. The molecule has 25 heavy (non-hydrogen) atoms. The number of H-pyrrole nitrogens is 1. The van der Waals surface area contributed by atoms with Crippen molar-refractivity contribution < 1.29 is 10.3 Å². The Morgan fingerprint density at radius 3 is 2.76 bits per heavy atom. The van der Waals surface area contributed by atoms with Crippen molar-refractivity contribution in [2.24, 2.45) is 22.9 Å². The van der Waals surface area contributed by atoms with Crippen molar-refractivity contribution in [1.82, 2.24) is 9.97 Å². The van der Waals surface area contributed by atoms with Crippen molar-refractivity contribution in [2.75, 3.05) is 5.32 Å². The van der Waals surface area contributed by atoms with Crippen LogP contribution in [0.5, 0.6) is 0 Å². The third kappa shape index (κ3) is 2.27. The van der Waals surface area contributed by atoms with Gasteiger partial charge in [0.2, 0.25) is 0 Å². The van der Waals surface area contributed by atoms with Gasteiger partial charge in [0.15, 0.2) is 0 Å². The first-order chi connectivity index (χ1) is 12.1. The van der Waals surface area contributed by atoms with Crippen molar-refractivity contribution >= 4 is 22.4 Å². The Morgan fingerprint density at radius 1 is 1.32 bits per heavy atom. The first-order valence-electron chi connectivity index (χ1n) is 9.20. The van der Waals surface area contributed by atoms with Gasteiger partial charge < -0.3 is 20.6 Å². The molecule has 0 radical (unpaired) electrons. The molecule has 2 unspecified atom stereocenters. The molecule has 0 aromatic carbocycles. The summed E-state index contributed by atoms with van der Waals surface area (Å²) in [4.78, 5) is 7.60. The number of aromatic nitrogens is 2. The van der Waals surface area contributed by atoms with E-state index in [2.05, 4.69) is 20.4 Å². The summed E-state index contributed by atoms with van der Waals surface area (Å²) in [5.74, 6) is 1.71. The number of anilines is 1. The molecule has 0 aliphatic heterocycles. The Kier molecular flexibility index (Phi) is 3.17. The van der Waals surface area contributed by atoms with Gasteiger partial charge in [-0.15, -0.1) is 0 Å². The third-order valence-electron chi connectivity index (χ3n) is 6.68. The number of pyridine rings is 1. The maximum absolute atomic E-state index is 10.8. The zero-order valence-corrected chi connectivity index (χ0v) is 14.4. The van der Waals surface area contributed by atoms with Gasteiger partial charge in [0.05, 0.1) is 17.0 Å². The van der Waals surface area contributed by atoms with E-state index in [9.17, 15) is 10.3 Å². The van der Waals surface area contributed by atoms with E-state index in [-0.39, 0.29) is 0 Å². The van der Waals surface area contributed by atoms with Crippen LogP contribution in [0.2, 0.25) is 0 Å². The molecule has 4 aliphatic carbocycles. The Bertz CT molecular complexity index is 842. The van der Waals surface area contributed by atoms with Crippen LogP contribution in [0.3, 0.4) is 0 Å². The average molecular weight is 340 g/mol. The number of fused-ring (bicyclic) bond motifs is 1. The van der Waals surface area contributed by atoms with Gasteiger partial charge >= 0.3 is 0 Å². The summed E-state index contributed by atoms with van der Waals surface area (Å²) in [5.41, 5.74) is 2.79. The zero-order valence-electron chi connectivity index (χ0n) is 14.4. The fourth-order valence-electron chi connectivity index (χ4n) is 5.88. The highest BCUT2D eigenvalue weighted by Crippen LogP contribution is 2.56. The number of nitrogens with zero attached hydrogens (tertiary/aromatic N) is 2. The third-order valence-corrected chi connectivity index (χ3v) is 6.68. The van der Waals surface area contributed by atoms with Gasteiger partial charge in [-0.05, 0) is 62.8 Å². The molecular formula is C19H24N4O2. The maximum atomic E-state index is 10.8. The van der Waals surface area contributed by atoms with E-state index in [1.807, 2.05) is 12.3 Å². The first kappa shape index (κ1) is 15.2. The largest absolute Gasteiger partial charge is 0.411 e. The molecule has 2 heterocycles. The Labute approximate surface area is 146 Å². The summed E-state index contributed by atoms with van der Waals surface area (Å²) in [6.45, 7) is 1.79. The van der Waals surface area contributed by atoms with Crippen LogP contribution in [-0.2, 0) is 0 Å². The van der Waals surface area contributed by atoms with Gasteiger partial charge in [-0.1, -0.05) is 5.16 Å². The second kappa shape index (κ2) is 5.21. The summed E-state index contributed by atoms with van der Waals surface area (Å²) < 4.78 is 0. The highest BCUT2D eigenvalue weighted by atomic mass is 16.4. The Morgan fingerprint density at radius 2 is 2.08 bits per heavy atom. The van der Waals surface area contributed by atoms with Crippen molar-refractivity contribution in [3.05, 3.63) is 24.0 Å². The number of rotatable bonds is 3. The predicted molar refractivity (Wildman–Crippen MR) is 96.0 cm³/mol. The SMILES string of the molecule is CC(=NO)c1cnc2[nH]ccc2c1NC1C2CC3CC1CC(O)(C3)C2. The van der Waals surface area contributed by atoms with Gasteiger partial charge in [-0.3, -0.25) is 0 Å². The van der Waals surface area contributed by atoms with E-state index in [1.165, 1.54) is 12.8 Å². The molecule has 4 N–H and O–H groups in total. The molecule has 2 atom stereocenters. The molecule has 0 spiro atoms. The summed E-state index contributed by atoms with van der Waals surface area (Å²) in [7, 11) is 0. The minimum atomic E-state index is -0.429. The molecule has 2 aromatic heterocycles. The lowest BCUT2D eigenvalue weighted by Crippen LogP contribution is -2.59. The van der Waals surface area contributed by atoms with E-state index in [0.717, 1.165) is 41.5 Å². The van der Waals surface area contributed by atoms with Crippen LogP contribution >= 0.6 is 0 Å². The number of aliphatic hydroxyl groups is 1. The molecule has 6 heteroatoms. The number of hydrogen-bond acceptors (Lipinski definition) is 5. The molecule has 132 valence electrons. The van der Waals surface area contributed by atoms with Crippen LogP contribution in [0.1, 0.15) is 44.6 Å². The molecule has 2 aromatic rings. The molecule has 4 fully saturated rings. The Hall–Kier alpha value is -2.08. The topological polar surface area (TPSA) is 93.5 Å². The average Bonchev–Trinajstić information content (AvgIpc) is 3.04. The van der Waals surface area contributed by atoms with Gasteiger partial charge in [-0.25, -0.2) is 4.98 Å². The van der Waals surface area contributed by atoms with E-state index < -0.39 is 5.60 Å². The van der Waals surface area contributed by atoms with E-state index in [0.29, 0.717) is 29.5 Å². The molecule has 4 aliphatic rings. The van der Waals surface area contributed by atoms with Crippen LogP contribution in [0.15, 0.2) is 23.6 Å². The number of nitrogens with one attached hydrogen (secondary N) is 2. The number of oxime groups is 1. The predicted octanol–water partition coefficient (Wildman–Crippen LogP) is 3.11. The van der Waals surface area contributed by atoms with Crippen LogP contribution in [0.4, 0.5) is 5.69 Å². The lowest BCUT2D eigenvalue weighted by molar-refractivity contribution is -0.129. The molecule has 4 bridgehead atoms. The monoisotopic (exact) mass is 340 g/mol. The van der Waals surface area contributed by atoms with Gasteiger partial charge in [0.1, 0.15) is 5.65 Å². The van der Waals surface area contributed by atoms with E-state index >= 15 is 0 Å². The quantitative estimate of drug-likeness (QED) is 0.392.